The molecule has 1 atom stereocenters. The normalized spacial score (nSPS) is 18.6. The molecule has 1 amide bonds. The van der Waals surface area contributed by atoms with Crippen molar-refractivity contribution in [1.82, 2.24) is 15.6 Å². The molecular weight excluding hydrogens is 258 g/mol. The van der Waals surface area contributed by atoms with Crippen LogP contribution in [0.3, 0.4) is 0 Å². The lowest BCUT2D eigenvalue weighted by Crippen LogP contribution is -2.33. The first-order chi connectivity index (χ1) is 9.63. The second-order valence-corrected chi connectivity index (χ2v) is 4.57. The highest BCUT2D eigenvalue weighted by Gasteiger charge is 2.31. The predicted octanol–water partition coefficient (Wildman–Crippen LogP) is 0.968. The Bertz CT molecular complexity index is 674. The van der Waals surface area contributed by atoms with E-state index in [0.717, 1.165) is 11.3 Å². The molecule has 102 valence electrons. The van der Waals surface area contributed by atoms with Gasteiger partial charge in [-0.1, -0.05) is 12.1 Å². The summed E-state index contributed by atoms with van der Waals surface area (Å²) in [6.45, 7) is 1.69. The van der Waals surface area contributed by atoms with Crippen molar-refractivity contribution in [2.45, 2.75) is 19.3 Å². The van der Waals surface area contributed by atoms with Gasteiger partial charge < -0.3 is 10.2 Å². The summed E-state index contributed by atoms with van der Waals surface area (Å²) >= 11 is 0. The molecule has 1 aliphatic rings. The van der Waals surface area contributed by atoms with Crippen LogP contribution in [0.15, 0.2) is 33.8 Å². The highest BCUT2D eigenvalue weighted by Crippen LogP contribution is 2.24. The SMILES string of the molecule is Cc1nnc(C2CC(c3ccc(N)cc3)=NNC2=O)o1. The van der Waals surface area contributed by atoms with Crippen LogP contribution in [0.1, 0.15) is 29.7 Å². The molecule has 0 bridgehead atoms. The molecule has 0 saturated heterocycles. The number of amides is 1. The molecule has 0 spiro atoms. The van der Waals surface area contributed by atoms with Crippen LogP contribution in [0.5, 0.6) is 0 Å². The van der Waals surface area contributed by atoms with Crippen molar-refractivity contribution in [3.8, 4) is 0 Å². The molecule has 0 fully saturated rings. The van der Waals surface area contributed by atoms with Crippen LogP contribution >= 0.6 is 0 Å². The molecular formula is C13H13N5O2. The number of hydrazone groups is 1. The number of nitrogen functional groups attached to an aromatic ring is 1. The van der Waals surface area contributed by atoms with Crippen LogP contribution in [0.25, 0.3) is 0 Å². The van der Waals surface area contributed by atoms with Crippen molar-refractivity contribution < 1.29 is 9.21 Å². The number of benzene rings is 1. The molecule has 1 aromatic carbocycles. The quantitative estimate of drug-likeness (QED) is 0.791. The summed E-state index contributed by atoms with van der Waals surface area (Å²) in [6, 6.07) is 7.31. The van der Waals surface area contributed by atoms with E-state index in [4.69, 9.17) is 10.2 Å². The van der Waals surface area contributed by atoms with Crippen molar-refractivity contribution in [3.63, 3.8) is 0 Å². The first-order valence-electron chi connectivity index (χ1n) is 6.16. The number of hydrogen-bond acceptors (Lipinski definition) is 6. The lowest BCUT2D eigenvalue weighted by Gasteiger charge is -2.18. The Morgan fingerprint density at radius 2 is 2.05 bits per heavy atom. The Labute approximate surface area is 114 Å². The van der Waals surface area contributed by atoms with Gasteiger partial charge in [-0.15, -0.1) is 10.2 Å². The number of rotatable bonds is 2. The first-order valence-corrected chi connectivity index (χ1v) is 6.16. The van der Waals surface area contributed by atoms with Gasteiger partial charge in [0.2, 0.25) is 11.8 Å². The van der Waals surface area contributed by atoms with Crippen LogP contribution in [-0.2, 0) is 4.79 Å². The van der Waals surface area contributed by atoms with Gasteiger partial charge in [0.25, 0.3) is 5.91 Å². The van der Waals surface area contributed by atoms with E-state index in [1.165, 1.54) is 0 Å². The molecule has 1 aromatic heterocycles. The lowest BCUT2D eigenvalue weighted by atomic mass is 9.95. The second-order valence-electron chi connectivity index (χ2n) is 4.57. The number of hydrogen-bond donors (Lipinski definition) is 2. The minimum absolute atomic E-state index is 0.243. The Morgan fingerprint density at radius 1 is 1.30 bits per heavy atom. The van der Waals surface area contributed by atoms with E-state index < -0.39 is 5.92 Å². The number of nitrogens with two attached hydrogens (primary N) is 1. The minimum atomic E-state index is -0.513. The first kappa shape index (κ1) is 12.3. The monoisotopic (exact) mass is 271 g/mol. The number of nitrogens with zero attached hydrogens (tertiary/aromatic N) is 3. The minimum Gasteiger partial charge on any atom is -0.425 e. The van der Waals surface area contributed by atoms with Gasteiger partial charge in [0.15, 0.2) is 0 Å². The van der Waals surface area contributed by atoms with Gasteiger partial charge in [0.05, 0.1) is 5.71 Å². The van der Waals surface area contributed by atoms with E-state index in [1.807, 2.05) is 12.1 Å². The highest BCUT2D eigenvalue weighted by molar-refractivity contribution is 6.06. The van der Waals surface area contributed by atoms with Crippen molar-refractivity contribution >= 4 is 17.3 Å². The predicted molar refractivity (Wildman–Crippen MR) is 71.9 cm³/mol. The number of aryl methyl sites for hydroxylation is 1. The maximum Gasteiger partial charge on any atom is 0.253 e. The maximum atomic E-state index is 11.9. The van der Waals surface area contributed by atoms with Crippen molar-refractivity contribution in [2.24, 2.45) is 5.10 Å². The number of aromatic nitrogens is 2. The molecule has 7 heteroatoms. The smallest absolute Gasteiger partial charge is 0.253 e. The summed E-state index contributed by atoms with van der Waals surface area (Å²) in [5, 5.41) is 11.7. The maximum absolute atomic E-state index is 11.9. The summed E-state index contributed by atoms with van der Waals surface area (Å²) in [5.41, 5.74) is 10.5. The molecule has 7 nitrogen and oxygen atoms in total. The van der Waals surface area contributed by atoms with Crippen molar-refractivity contribution in [1.29, 1.82) is 0 Å². The zero-order valence-electron chi connectivity index (χ0n) is 10.8. The molecule has 3 N–H and O–H groups in total. The van der Waals surface area contributed by atoms with Crippen LogP contribution in [0.4, 0.5) is 5.69 Å². The lowest BCUT2D eigenvalue weighted by molar-refractivity contribution is -0.123. The van der Waals surface area contributed by atoms with Gasteiger partial charge in [0.1, 0.15) is 5.92 Å². The van der Waals surface area contributed by atoms with E-state index in [2.05, 4.69) is 20.7 Å². The summed E-state index contributed by atoms with van der Waals surface area (Å²) in [4.78, 5) is 11.9. The molecule has 3 rings (SSSR count). The van der Waals surface area contributed by atoms with Crippen LogP contribution in [0, 0.1) is 6.92 Å². The molecule has 1 aliphatic heterocycles. The average molecular weight is 271 g/mol. The van der Waals surface area contributed by atoms with E-state index in [1.54, 1.807) is 19.1 Å². The van der Waals surface area contributed by atoms with Crippen molar-refractivity contribution in [2.75, 3.05) is 5.73 Å². The fourth-order valence-electron chi connectivity index (χ4n) is 2.04. The molecule has 1 unspecified atom stereocenters. The fourth-order valence-corrected chi connectivity index (χ4v) is 2.04. The third-order valence-electron chi connectivity index (χ3n) is 3.10. The van der Waals surface area contributed by atoms with Gasteiger partial charge in [-0.05, 0) is 17.7 Å². The van der Waals surface area contributed by atoms with Gasteiger partial charge in [-0.2, -0.15) is 5.10 Å². The number of anilines is 1. The number of carbonyl (C=O) groups is 1. The summed E-state index contributed by atoms with van der Waals surface area (Å²) < 4.78 is 5.34. The Hall–Kier alpha value is -2.70. The average Bonchev–Trinajstić information content (AvgIpc) is 2.87. The highest BCUT2D eigenvalue weighted by atomic mass is 16.4. The third-order valence-corrected chi connectivity index (χ3v) is 3.10. The zero-order chi connectivity index (χ0) is 14.1. The van der Waals surface area contributed by atoms with Crippen molar-refractivity contribution in [3.05, 3.63) is 41.6 Å². The van der Waals surface area contributed by atoms with E-state index in [0.29, 0.717) is 23.9 Å². The molecule has 2 aromatic rings. The topological polar surface area (TPSA) is 106 Å². The molecule has 0 aliphatic carbocycles. The van der Waals surface area contributed by atoms with Gasteiger partial charge in [-0.25, -0.2) is 5.43 Å². The second kappa shape index (κ2) is 4.76. The third kappa shape index (κ3) is 2.25. The largest absolute Gasteiger partial charge is 0.425 e. The molecule has 0 radical (unpaired) electrons. The Kier molecular flexibility index (Phi) is 2.94. The van der Waals surface area contributed by atoms with Crippen LogP contribution in [0.2, 0.25) is 0 Å². The summed E-state index contributed by atoms with van der Waals surface area (Å²) in [5.74, 6) is -0.0127. The van der Waals surface area contributed by atoms with Gasteiger partial charge >= 0.3 is 0 Å². The Morgan fingerprint density at radius 3 is 2.70 bits per heavy atom. The van der Waals surface area contributed by atoms with E-state index in [9.17, 15) is 4.79 Å². The molecule has 0 saturated carbocycles. The standard InChI is InChI=1S/C13H13N5O2/c1-7-15-18-13(20-7)10-6-11(16-17-12(10)19)8-2-4-9(14)5-3-8/h2-5,10H,6,14H2,1H3,(H,17,19). The van der Waals surface area contributed by atoms with Crippen LogP contribution in [-0.4, -0.2) is 21.8 Å². The van der Waals surface area contributed by atoms with Gasteiger partial charge in [0, 0.05) is 19.0 Å². The fraction of sp³-hybridized carbons (Fsp3) is 0.231. The van der Waals surface area contributed by atoms with Gasteiger partial charge in [-0.3, -0.25) is 4.79 Å². The number of nitrogens with one attached hydrogen (secondary N) is 1. The summed E-state index contributed by atoms with van der Waals surface area (Å²) in [6.07, 6.45) is 0.414. The summed E-state index contributed by atoms with van der Waals surface area (Å²) in [7, 11) is 0. The zero-order valence-corrected chi connectivity index (χ0v) is 10.8. The van der Waals surface area contributed by atoms with E-state index in [-0.39, 0.29) is 5.91 Å². The molecule has 2 heterocycles. The van der Waals surface area contributed by atoms with Crippen LogP contribution < -0.4 is 11.2 Å². The van der Waals surface area contributed by atoms with E-state index >= 15 is 0 Å². The molecule has 20 heavy (non-hydrogen) atoms. The number of carbonyl (C=O) groups excluding carboxylic acids is 1. The Balaban J connectivity index is 1.88.